The zero-order chi connectivity index (χ0) is 14.8. The molecule has 0 saturated carbocycles. The second-order valence-corrected chi connectivity index (χ2v) is 5.23. The number of hydrazone groups is 1. The molecule has 108 valence electrons. The molecular formula is C17H18N2O2. The van der Waals surface area contributed by atoms with E-state index in [9.17, 15) is 4.79 Å². The molecular weight excluding hydrogens is 264 g/mol. The summed E-state index contributed by atoms with van der Waals surface area (Å²) in [6, 6.07) is 12.4. The number of rotatable bonds is 4. The lowest BCUT2D eigenvalue weighted by Crippen LogP contribution is -2.25. The lowest BCUT2D eigenvalue weighted by Gasteiger charge is -2.23. The van der Waals surface area contributed by atoms with Gasteiger partial charge >= 0.3 is 5.97 Å². The predicted octanol–water partition coefficient (Wildman–Crippen LogP) is 3.56. The Morgan fingerprint density at radius 3 is 2.76 bits per heavy atom. The molecule has 2 aromatic carbocycles. The van der Waals surface area contributed by atoms with E-state index in [-0.39, 0.29) is 11.9 Å². The molecule has 2 aromatic rings. The molecule has 1 aliphatic rings. The Kier molecular flexibility index (Phi) is 3.60. The van der Waals surface area contributed by atoms with Crippen molar-refractivity contribution in [2.24, 2.45) is 11.0 Å². The van der Waals surface area contributed by atoms with Gasteiger partial charge in [-0.2, -0.15) is 5.10 Å². The van der Waals surface area contributed by atoms with Crippen LogP contribution in [0.1, 0.15) is 25.8 Å². The third kappa shape index (κ3) is 2.49. The maximum atomic E-state index is 11.1. The van der Waals surface area contributed by atoms with Gasteiger partial charge in [0.05, 0.1) is 18.0 Å². The molecule has 1 atom stereocenters. The molecule has 0 amide bonds. The van der Waals surface area contributed by atoms with Crippen molar-refractivity contribution >= 4 is 28.1 Å². The summed E-state index contributed by atoms with van der Waals surface area (Å²) in [6.45, 7) is 3.88. The smallest absolute Gasteiger partial charge is 0.302 e. The Balaban J connectivity index is 2.02. The largest absolute Gasteiger partial charge is 0.465 e. The summed E-state index contributed by atoms with van der Waals surface area (Å²) >= 11 is 0. The van der Waals surface area contributed by atoms with Gasteiger partial charge in [-0.1, -0.05) is 37.3 Å². The van der Waals surface area contributed by atoms with Gasteiger partial charge in [-0.05, 0) is 17.9 Å². The molecule has 1 heterocycles. The summed E-state index contributed by atoms with van der Waals surface area (Å²) in [6.07, 6.45) is 0.867. The summed E-state index contributed by atoms with van der Waals surface area (Å²) in [7, 11) is 0. The molecule has 21 heavy (non-hydrogen) atoms. The number of nitrogens with zero attached hydrogens (tertiary/aromatic N) is 1. The molecule has 1 N–H and O–H groups in total. The van der Waals surface area contributed by atoms with Crippen LogP contribution in [0, 0.1) is 5.92 Å². The first-order chi connectivity index (χ1) is 10.2. The summed E-state index contributed by atoms with van der Waals surface area (Å²) in [5, 5.41) is 6.89. The molecule has 0 fully saturated rings. The number of nitrogens with one attached hydrogen (secondary N) is 1. The van der Waals surface area contributed by atoms with Gasteiger partial charge in [0, 0.05) is 23.8 Å². The molecule has 1 unspecified atom stereocenters. The Hall–Kier alpha value is -2.36. The number of benzene rings is 2. The molecule has 0 aliphatic carbocycles. The first-order valence-electron chi connectivity index (χ1n) is 7.19. The second-order valence-electron chi connectivity index (χ2n) is 5.23. The molecule has 0 saturated heterocycles. The Labute approximate surface area is 123 Å². The van der Waals surface area contributed by atoms with Crippen molar-refractivity contribution in [1.82, 2.24) is 0 Å². The zero-order valence-corrected chi connectivity index (χ0v) is 12.2. The van der Waals surface area contributed by atoms with Crippen molar-refractivity contribution in [3.63, 3.8) is 0 Å². The summed E-state index contributed by atoms with van der Waals surface area (Å²) in [5.41, 5.74) is 6.24. The van der Waals surface area contributed by atoms with Crippen molar-refractivity contribution in [2.75, 3.05) is 12.0 Å². The number of hydrogen-bond donors (Lipinski definition) is 1. The monoisotopic (exact) mass is 282 g/mol. The topological polar surface area (TPSA) is 50.7 Å². The van der Waals surface area contributed by atoms with Crippen molar-refractivity contribution < 1.29 is 9.53 Å². The molecule has 1 aliphatic heterocycles. The van der Waals surface area contributed by atoms with Crippen molar-refractivity contribution in [3.05, 3.63) is 42.0 Å². The molecule has 0 spiro atoms. The lowest BCUT2D eigenvalue weighted by molar-refractivity contribution is -0.141. The minimum Gasteiger partial charge on any atom is -0.465 e. The number of ether oxygens (including phenoxy) is 1. The van der Waals surface area contributed by atoms with E-state index in [2.05, 4.69) is 35.7 Å². The normalized spacial score (nSPS) is 14.3. The molecule has 0 aromatic heterocycles. The SMILES string of the molecule is CCC(COC(C)=O)C1=NNc2cccc3cccc1c23. The van der Waals surface area contributed by atoms with Crippen LogP contribution < -0.4 is 5.43 Å². The van der Waals surface area contributed by atoms with E-state index in [1.54, 1.807) is 0 Å². The Morgan fingerprint density at radius 1 is 1.29 bits per heavy atom. The van der Waals surface area contributed by atoms with E-state index in [1.807, 2.05) is 18.2 Å². The van der Waals surface area contributed by atoms with Crippen LogP contribution in [-0.2, 0) is 9.53 Å². The molecule has 4 heteroatoms. The fraction of sp³-hybridized carbons (Fsp3) is 0.294. The van der Waals surface area contributed by atoms with Crippen LogP contribution in [0.15, 0.2) is 41.5 Å². The van der Waals surface area contributed by atoms with Gasteiger partial charge in [0.1, 0.15) is 0 Å². The molecule has 4 nitrogen and oxygen atoms in total. The van der Waals surface area contributed by atoms with Crippen molar-refractivity contribution in [1.29, 1.82) is 0 Å². The van der Waals surface area contributed by atoms with Gasteiger partial charge in [-0.3, -0.25) is 10.2 Å². The van der Waals surface area contributed by atoms with E-state index in [0.717, 1.165) is 23.4 Å². The number of carbonyl (C=O) groups excluding carboxylic acids is 1. The van der Waals surface area contributed by atoms with Gasteiger partial charge < -0.3 is 4.74 Å². The Bertz CT molecular complexity index is 717. The molecule has 0 bridgehead atoms. The van der Waals surface area contributed by atoms with Crippen LogP contribution in [-0.4, -0.2) is 18.3 Å². The third-order valence-electron chi connectivity index (χ3n) is 3.84. The number of anilines is 1. The van der Waals surface area contributed by atoms with Gasteiger partial charge in [0.15, 0.2) is 0 Å². The standard InChI is InChI=1S/C17H18N2O2/c1-3-12(10-21-11(2)20)17-14-8-4-6-13-7-5-9-15(16(13)14)18-19-17/h4-9,12,18H,3,10H2,1-2H3. The lowest BCUT2D eigenvalue weighted by atomic mass is 9.90. The minimum absolute atomic E-state index is 0.0976. The maximum absolute atomic E-state index is 11.1. The highest BCUT2D eigenvalue weighted by Gasteiger charge is 2.23. The quantitative estimate of drug-likeness (QED) is 0.872. The first-order valence-corrected chi connectivity index (χ1v) is 7.19. The van der Waals surface area contributed by atoms with Crippen molar-refractivity contribution in [3.8, 4) is 0 Å². The zero-order valence-electron chi connectivity index (χ0n) is 12.2. The average Bonchev–Trinajstić information content (AvgIpc) is 2.50. The van der Waals surface area contributed by atoms with Gasteiger partial charge in [0.25, 0.3) is 0 Å². The summed E-state index contributed by atoms with van der Waals surface area (Å²) < 4.78 is 5.18. The van der Waals surface area contributed by atoms with E-state index in [0.29, 0.717) is 6.61 Å². The van der Waals surface area contributed by atoms with Crippen LogP contribution >= 0.6 is 0 Å². The van der Waals surface area contributed by atoms with Crippen LogP contribution in [0.3, 0.4) is 0 Å². The second kappa shape index (κ2) is 5.56. The van der Waals surface area contributed by atoms with Crippen LogP contribution in [0.5, 0.6) is 0 Å². The Morgan fingerprint density at radius 2 is 2.05 bits per heavy atom. The minimum atomic E-state index is -0.253. The van der Waals surface area contributed by atoms with Gasteiger partial charge in [0.2, 0.25) is 0 Å². The summed E-state index contributed by atoms with van der Waals surface area (Å²) in [5.74, 6) is -0.156. The van der Waals surface area contributed by atoms with E-state index >= 15 is 0 Å². The highest BCUT2D eigenvalue weighted by atomic mass is 16.5. The van der Waals surface area contributed by atoms with E-state index in [1.165, 1.54) is 17.7 Å². The van der Waals surface area contributed by atoms with Crippen molar-refractivity contribution in [2.45, 2.75) is 20.3 Å². The third-order valence-corrected chi connectivity index (χ3v) is 3.84. The fourth-order valence-electron chi connectivity index (χ4n) is 2.75. The highest BCUT2D eigenvalue weighted by molar-refractivity contribution is 6.17. The van der Waals surface area contributed by atoms with Gasteiger partial charge in [-0.25, -0.2) is 0 Å². The van der Waals surface area contributed by atoms with Crippen LogP contribution in [0.25, 0.3) is 10.8 Å². The number of hydrogen-bond acceptors (Lipinski definition) is 4. The number of esters is 1. The predicted molar refractivity (Wildman–Crippen MR) is 84.5 cm³/mol. The number of carbonyl (C=O) groups is 1. The molecule has 3 rings (SSSR count). The highest BCUT2D eigenvalue weighted by Crippen LogP contribution is 2.32. The van der Waals surface area contributed by atoms with E-state index in [4.69, 9.17) is 4.74 Å². The van der Waals surface area contributed by atoms with Crippen LogP contribution in [0.2, 0.25) is 0 Å². The van der Waals surface area contributed by atoms with Crippen LogP contribution in [0.4, 0.5) is 5.69 Å². The van der Waals surface area contributed by atoms with Gasteiger partial charge in [-0.15, -0.1) is 0 Å². The first kappa shape index (κ1) is 13.6. The fourth-order valence-corrected chi connectivity index (χ4v) is 2.75. The molecule has 0 radical (unpaired) electrons. The van der Waals surface area contributed by atoms with E-state index < -0.39 is 0 Å². The average molecular weight is 282 g/mol. The maximum Gasteiger partial charge on any atom is 0.302 e. The summed E-state index contributed by atoms with van der Waals surface area (Å²) in [4.78, 5) is 11.1.